The molecule has 0 radical (unpaired) electrons. The molecule has 2 aromatic rings. The average molecular weight is 614 g/mol. The minimum absolute atomic E-state index is 0.122. The van der Waals surface area contributed by atoms with Crippen LogP contribution in [0.1, 0.15) is 65.8 Å². The van der Waals surface area contributed by atoms with Crippen LogP contribution in [0, 0.1) is 5.92 Å². The highest BCUT2D eigenvalue weighted by atomic mass is 79.9. The molecule has 0 bridgehead atoms. The van der Waals surface area contributed by atoms with Crippen molar-refractivity contribution in [2.24, 2.45) is 5.92 Å². The normalized spacial score (nSPS) is 14.9. The van der Waals surface area contributed by atoms with Gasteiger partial charge in [0.25, 0.3) is 11.8 Å². The van der Waals surface area contributed by atoms with E-state index in [0.29, 0.717) is 43.2 Å². The van der Waals surface area contributed by atoms with Gasteiger partial charge in [-0.2, -0.15) is 0 Å². The quantitative estimate of drug-likeness (QED) is 0.172. The van der Waals surface area contributed by atoms with Gasteiger partial charge in [0, 0.05) is 20.0 Å². The van der Waals surface area contributed by atoms with Crippen LogP contribution < -0.4 is 16.0 Å². The number of carbonyl (C=O) groups is 5. The summed E-state index contributed by atoms with van der Waals surface area (Å²) in [5.74, 6) is -1.53. The maximum Gasteiger partial charge on any atom is 0.261 e. The van der Waals surface area contributed by atoms with E-state index >= 15 is 0 Å². The second-order valence-corrected chi connectivity index (χ2v) is 11.4. The summed E-state index contributed by atoms with van der Waals surface area (Å²) in [7, 11) is 1.52. The molecule has 1 heterocycles. The van der Waals surface area contributed by atoms with Crippen molar-refractivity contribution in [2.45, 2.75) is 62.9 Å². The Bertz CT molecular complexity index is 1180. The largest absolute Gasteiger partial charge is 0.357 e. The zero-order valence-corrected chi connectivity index (χ0v) is 24.7. The number of alkyl halides is 1. The molecule has 0 aliphatic carbocycles. The molecule has 9 nitrogen and oxygen atoms in total. The van der Waals surface area contributed by atoms with Gasteiger partial charge in [-0.25, -0.2) is 0 Å². The Balaban J connectivity index is 1.52. The molecule has 0 saturated heterocycles. The Morgan fingerprint density at radius 3 is 1.95 bits per heavy atom. The number of carbonyl (C=O) groups excluding carboxylic acids is 5. The van der Waals surface area contributed by atoms with Crippen LogP contribution in [-0.4, -0.2) is 64.9 Å². The molecule has 40 heavy (non-hydrogen) atoms. The summed E-state index contributed by atoms with van der Waals surface area (Å²) >= 11 is 3.42. The monoisotopic (exact) mass is 612 g/mol. The van der Waals surface area contributed by atoms with Gasteiger partial charge < -0.3 is 16.0 Å². The van der Waals surface area contributed by atoms with E-state index in [9.17, 15) is 24.0 Å². The van der Waals surface area contributed by atoms with Crippen molar-refractivity contribution in [3.63, 3.8) is 0 Å². The second kappa shape index (κ2) is 14.7. The Morgan fingerprint density at radius 1 is 0.800 bits per heavy atom. The van der Waals surface area contributed by atoms with Gasteiger partial charge in [0.15, 0.2) is 0 Å². The number of fused-ring (bicyclic) bond motifs is 1. The van der Waals surface area contributed by atoms with E-state index in [2.05, 4.69) is 31.9 Å². The standard InChI is InChI=1S/C30H37BrN4O5/c1-19(2)17-24(28(38)34-25(27(37)32-3)18-20-11-5-4-6-12-20)33-26(36)23(31)15-9-10-16-35-29(39)21-13-7-8-14-22(21)30(35)40/h4-8,11-14,19,23-25H,9-10,15-18H2,1-3H3,(H,32,37)(H,33,36)(H,34,38)/t23?,24?,25-/m0/s1. The Hall–Kier alpha value is -3.53. The topological polar surface area (TPSA) is 125 Å². The van der Waals surface area contributed by atoms with Gasteiger partial charge in [-0.05, 0) is 42.9 Å². The molecule has 3 N–H and O–H groups in total. The van der Waals surface area contributed by atoms with Crippen molar-refractivity contribution in [3.8, 4) is 0 Å². The van der Waals surface area contributed by atoms with Gasteiger partial charge in [0.2, 0.25) is 17.7 Å². The first kappa shape index (κ1) is 31.0. The lowest BCUT2D eigenvalue weighted by molar-refractivity contribution is -0.132. The van der Waals surface area contributed by atoms with E-state index in [1.165, 1.54) is 11.9 Å². The van der Waals surface area contributed by atoms with Gasteiger partial charge in [-0.1, -0.05) is 78.7 Å². The number of imide groups is 1. The van der Waals surface area contributed by atoms with Crippen LogP contribution in [0.15, 0.2) is 54.6 Å². The van der Waals surface area contributed by atoms with E-state index in [1.54, 1.807) is 24.3 Å². The predicted octanol–water partition coefficient (Wildman–Crippen LogP) is 3.22. The van der Waals surface area contributed by atoms with Crippen LogP contribution in [0.4, 0.5) is 0 Å². The Morgan fingerprint density at radius 2 is 1.38 bits per heavy atom. The fraction of sp³-hybridized carbons (Fsp3) is 0.433. The number of likely N-dealkylation sites (N-methyl/N-ethyl adjacent to an activating group) is 1. The van der Waals surface area contributed by atoms with Gasteiger partial charge in [0.1, 0.15) is 12.1 Å². The van der Waals surface area contributed by atoms with E-state index < -0.39 is 22.8 Å². The fourth-order valence-electron chi connectivity index (χ4n) is 4.64. The lowest BCUT2D eigenvalue weighted by atomic mass is 10.0. The molecule has 2 unspecified atom stereocenters. The van der Waals surface area contributed by atoms with E-state index in [4.69, 9.17) is 0 Å². The SMILES string of the molecule is CNC(=O)[C@H](Cc1ccccc1)NC(=O)C(CC(C)C)NC(=O)C(Br)CCCCN1C(=O)c2ccccc2C1=O. The first-order valence-electron chi connectivity index (χ1n) is 13.6. The van der Waals surface area contributed by atoms with Crippen molar-refractivity contribution >= 4 is 45.5 Å². The molecule has 214 valence electrons. The molecule has 0 fully saturated rings. The maximum absolute atomic E-state index is 13.2. The number of nitrogens with zero attached hydrogens (tertiary/aromatic N) is 1. The predicted molar refractivity (Wildman–Crippen MR) is 156 cm³/mol. The summed E-state index contributed by atoms with van der Waals surface area (Å²) in [5, 5.41) is 8.24. The summed E-state index contributed by atoms with van der Waals surface area (Å²) < 4.78 is 0. The first-order valence-corrected chi connectivity index (χ1v) is 14.5. The zero-order chi connectivity index (χ0) is 29.2. The lowest BCUT2D eigenvalue weighted by Gasteiger charge is -2.25. The van der Waals surface area contributed by atoms with Crippen molar-refractivity contribution in [1.82, 2.24) is 20.9 Å². The summed E-state index contributed by atoms with van der Waals surface area (Å²) in [6.45, 7) is 4.18. The van der Waals surface area contributed by atoms with Crippen LogP contribution in [0.3, 0.4) is 0 Å². The number of benzene rings is 2. The lowest BCUT2D eigenvalue weighted by Crippen LogP contribution is -2.55. The number of rotatable bonds is 14. The summed E-state index contributed by atoms with van der Waals surface area (Å²) in [6.07, 6.45) is 2.32. The van der Waals surface area contributed by atoms with Crippen LogP contribution in [0.2, 0.25) is 0 Å². The highest BCUT2D eigenvalue weighted by Crippen LogP contribution is 2.23. The van der Waals surface area contributed by atoms with E-state index in [-0.39, 0.29) is 36.1 Å². The Labute approximate surface area is 243 Å². The molecule has 1 aliphatic rings. The summed E-state index contributed by atoms with van der Waals surface area (Å²) in [5.41, 5.74) is 1.74. The second-order valence-electron chi connectivity index (χ2n) is 10.3. The summed E-state index contributed by atoms with van der Waals surface area (Å²) in [6, 6.07) is 14.6. The van der Waals surface area contributed by atoms with E-state index in [0.717, 1.165) is 5.56 Å². The van der Waals surface area contributed by atoms with E-state index in [1.807, 2.05) is 44.2 Å². The van der Waals surface area contributed by atoms with Gasteiger partial charge in [-0.15, -0.1) is 0 Å². The molecule has 0 spiro atoms. The molecule has 0 aromatic heterocycles. The van der Waals surface area contributed by atoms with Crippen molar-refractivity contribution in [2.75, 3.05) is 13.6 Å². The maximum atomic E-state index is 13.2. The highest BCUT2D eigenvalue weighted by molar-refractivity contribution is 9.10. The molecular weight excluding hydrogens is 576 g/mol. The van der Waals surface area contributed by atoms with Crippen LogP contribution in [-0.2, 0) is 20.8 Å². The van der Waals surface area contributed by atoms with Crippen molar-refractivity contribution in [1.29, 1.82) is 0 Å². The molecular formula is C30H37BrN4O5. The third-order valence-corrected chi connectivity index (χ3v) is 7.63. The molecule has 0 saturated carbocycles. The molecule has 2 aromatic carbocycles. The van der Waals surface area contributed by atoms with Gasteiger partial charge >= 0.3 is 0 Å². The summed E-state index contributed by atoms with van der Waals surface area (Å²) in [4.78, 5) is 64.4. The first-order chi connectivity index (χ1) is 19.1. The molecule has 1 aliphatic heterocycles. The highest BCUT2D eigenvalue weighted by Gasteiger charge is 2.34. The van der Waals surface area contributed by atoms with Crippen molar-refractivity contribution < 1.29 is 24.0 Å². The molecule has 3 rings (SSSR count). The van der Waals surface area contributed by atoms with Crippen LogP contribution >= 0.6 is 15.9 Å². The third kappa shape index (κ3) is 8.24. The Kier molecular flexibility index (Phi) is 11.4. The third-order valence-electron chi connectivity index (χ3n) is 6.75. The minimum atomic E-state index is -0.811. The van der Waals surface area contributed by atoms with Crippen LogP contribution in [0.25, 0.3) is 0 Å². The average Bonchev–Trinajstić information content (AvgIpc) is 3.19. The van der Waals surface area contributed by atoms with Crippen LogP contribution in [0.5, 0.6) is 0 Å². The molecule has 3 atom stereocenters. The van der Waals surface area contributed by atoms with Gasteiger partial charge in [-0.3, -0.25) is 28.9 Å². The minimum Gasteiger partial charge on any atom is -0.357 e. The number of amides is 5. The van der Waals surface area contributed by atoms with Crippen molar-refractivity contribution in [3.05, 3.63) is 71.3 Å². The number of hydrogen-bond donors (Lipinski definition) is 3. The van der Waals surface area contributed by atoms with Gasteiger partial charge in [0.05, 0.1) is 16.0 Å². The molecule has 5 amide bonds. The molecule has 10 heteroatoms. The number of nitrogens with one attached hydrogen (secondary N) is 3. The number of hydrogen-bond acceptors (Lipinski definition) is 5. The number of unbranched alkanes of at least 4 members (excludes halogenated alkanes) is 1. The number of halogens is 1. The zero-order valence-electron chi connectivity index (χ0n) is 23.1. The smallest absolute Gasteiger partial charge is 0.261 e. The fourth-order valence-corrected chi connectivity index (χ4v) is 5.09.